The topological polar surface area (TPSA) is 6.48 Å². The molecule has 0 aromatic carbocycles. The molecule has 2 saturated heterocycles. The Balaban J connectivity index is 1.76. The molecule has 0 N–H and O–H groups in total. The smallest absolute Gasteiger partial charge is 0.0120 e. The zero-order valence-corrected chi connectivity index (χ0v) is 11.3. The first-order valence-electron chi connectivity index (χ1n) is 7.15. The molecule has 0 bridgehead atoms. The summed E-state index contributed by atoms with van der Waals surface area (Å²) in [7, 11) is 0. The molecule has 0 atom stereocenters. The molecule has 2 rings (SSSR count). The molecule has 2 heteroatoms. The van der Waals surface area contributed by atoms with Crippen LogP contribution in [0, 0.1) is 5.92 Å². The maximum atomic E-state index is 2.76. The van der Waals surface area contributed by atoms with Crippen LogP contribution in [0.4, 0.5) is 0 Å². The van der Waals surface area contributed by atoms with Crippen LogP contribution in [0.1, 0.15) is 46.5 Å². The Hall–Kier alpha value is -0.0800. The van der Waals surface area contributed by atoms with Crippen LogP contribution in [0.5, 0.6) is 0 Å². The first-order chi connectivity index (χ1) is 7.66. The van der Waals surface area contributed by atoms with E-state index in [-0.39, 0.29) is 0 Å². The lowest BCUT2D eigenvalue weighted by Gasteiger charge is -2.42. The summed E-state index contributed by atoms with van der Waals surface area (Å²) in [6.07, 6.45) is 5.63. The lowest BCUT2D eigenvalue weighted by Crippen LogP contribution is -2.48. The Kier molecular flexibility index (Phi) is 4.26. The molecule has 0 aliphatic carbocycles. The molecule has 0 unspecified atom stereocenters. The molecule has 2 fully saturated rings. The van der Waals surface area contributed by atoms with Gasteiger partial charge in [-0.05, 0) is 71.6 Å². The third-order valence-electron chi connectivity index (χ3n) is 4.56. The van der Waals surface area contributed by atoms with Crippen LogP contribution < -0.4 is 0 Å². The molecule has 0 saturated carbocycles. The minimum absolute atomic E-state index is 0.738. The molecule has 0 spiro atoms. The van der Waals surface area contributed by atoms with Crippen molar-refractivity contribution in [2.75, 3.05) is 26.2 Å². The molecule has 0 radical (unpaired) electrons. The summed E-state index contributed by atoms with van der Waals surface area (Å²) in [4.78, 5) is 5.39. The predicted molar refractivity (Wildman–Crippen MR) is 69.7 cm³/mol. The zero-order valence-electron chi connectivity index (χ0n) is 11.3. The summed E-state index contributed by atoms with van der Waals surface area (Å²) in [5.74, 6) is 0.965. The first kappa shape index (κ1) is 12.4. The standard InChI is InChI=1S/C14H28N2/c1-12(2)15-10-6-14(7-11-15)16-8-4-13(3)5-9-16/h12-14H,4-11H2,1-3H3. The Morgan fingerprint density at radius 1 is 0.875 bits per heavy atom. The third-order valence-corrected chi connectivity index (χ3v) is 4.56. The van der Waals surface area contributed by atoms with Crippen LogP contribution in [0.2, 0.25) is 0 Å². The van der Waals surface area contributed by atoms with E-state index in [1.54, 1.807) is 0 Å². The number of hydrogen-bond acceptors (Lipinski definition) is 2. The van der Waals surface area contributed by atoms with Crippen molar-refractivity contribution in [3.05, 3.63) is 0 Å². The van der Waals surface area contributed by atoms with E-state index in [1.165, 1.54) is 51.9 Å². The number of nitrogens with zero attached hydrogens (tertiary/aromatic N) is 2. The summed E-state index contributed by atoms with van der Waals surface area (Å²) in [6.45, 7) is 12.4. The van der Waals surface area contributed by atoms with Crippen LogP contribution in [-0.4, -0.2) is 48.1 Å². The normalized spacial score (nSPS) is 27.8. The van der Waals surface area contributed by atoms with Crippen molar-refractivity contribution in [2.45, 2.75) is 58.5 Å². The fourth-order valence-corrected chi connectivity index (χ4v) is 3.16. The average Bonchev–Trinajstić information content (AvgIpc) is 2.30. The lowest BCUT2D eigenvalue weighted by atomic mass is 9.94. The van der Waals surface area contributed by atoms with Crippen molar-refractivity contribution < 1.29 is 0 Å². The largest absolute Gasteiger partial charge is 0.301 e. The van der Waals surface area contributed by atoms with Gasteiger partial charge < -0.3 is 9.80 Å². The first-order valence-corrected chi connectivity index (χ1v) is 7.15. The lowest BCUT2D eigenvalue weighted by molar-refractivity contribution is 0.0696. The molecule has 2 nitrogen and oxygen atoms in total. The monoisotopic (exact) mass is 224 g/mol. The Morgan fingerprint density at radius 2 is 1.44 bits per heavy atom. The summed E-state index contributed by atoms with van der Waals surface area (Å²) in [5, 5.41) is 0. The number of rotatable bonds is 2. The van der Waals surface area contributed by atoms with Gasteiger partial charge in [0, 0.05) is 12.1 Å². The maximum absolute atomic E-state index is 2.76. The van der Waals surface area contributed by atoms with Gasteiger partial charge in [-0.15, -0.1) is 0 Å². The molecule has 0 amide bonds. The highest BCUT2D eigenvalue weighted by Gasteiger charge is 2.27. The summed E-state index contributed by atoms with van der Waals surface area (Å²) < 4.78 is 0. The van der Waals surface area contributed by atoms with Gasteiger partial charge in [0.25, 0.3) is 0 Å². The minimum atomic E-state index is 0.738. The second kappa shape index (κ2) is 5.50. The van der Waals surface area contributed by atoms with E-state index in [0.717, 1.165) is 18.0 Å². The maximum Gasteiger partial charge on any atom is 0.0120 e. The van der Waals surface area contributed by atoms with Crippen LogP contribution in [-0.2, 0) is 0 Å². The molecule has 2 heterocycles. The van der Waals surface area contributed by atoms with Crippen molar-refractivity contribution in [3.8, 4) is 0 Å². The van der Waals surface area contributed by atoms with Gasteiger partial charge in [0.1, 0.15) is 0 Å². The van der Waals surface area contributed by atoms with Crippen LogP contribution >= 0.6 is 0 Å². The average molecular weight is 224 g/mol. The summed E-state index contributed by atoms with van der Waals surface area (Å²) in [5.41, 5.74) is 0. The quantitative estimate of drug-likeness (QED) is 0.711. The van der Waals surface area contributed by atoms with Crippen LogP contribution in [0.3, 0.4) is 0 Å². The number of likely N-dealkylation sites (tertiary alicyclic amines) is 2. The van der Waals surface area contributed by atoms with Gasteiger partial charge in [0.15, 0.2) is 0 Å². The highest BCUT2D eigenvalue weighted by atomic mass is 15.2. The molecular weight excluding hydrogens is 196 g/mol. The van der Waals surface area contributed by atoms with E-state index in [1.807, 2.05) is 0 Å². The van der Waals surface area contributed by atoms with Gasteiger partial charge in [-0.25, -0.2) is 0 Å². The van der Waals surface area contributed by atoms with E-state index in [4.69, 9.17) is 0 Å². The molecular formula is C14H28N2. The van der Waals surface area contributed by atoms with E-state index < -0.39 is 0 Å². The SMILES string of the molecule is CC1CCN(C2CCN(C(C)C)CC2)CC1. The van der Waals surface area contributed by atoms with Gasteiger partial charge in [-0.1, -0.05) is 6.92 Å². The van der Waals surface area contributed by atoms with E-state index in [9.17, 15) is 0 Å². The van der Waals surface area contributed by atoms with E-state index >= 15 is 0 Å². The highest BCUT2D eigenvalue weighted by Crippen LogP contribution is 2.23. The van der Waals surface area contributed by atoms with Gasteiger partial charge >= 0.3 is 0 Å². The third kappa shape index (κ3) is 2.98. The molecule has 2 aliphatic rings. The molecule has 0 aromatic rings. The van der Waals surface area contributed by atoms with Crippen molar-refractivity contribution in [3.63, 3.8) is 0 Å². The summed E-state index contributed by atoms with van der Waals surface area (Å²) >= 11 is 0. The zero-order chi connectivity index (χ0) is 11.5. The second-order valence-corrected chi connectivity index (χ2v) is 6.08. The molecule has 16 heavy (non-hydrogen) atoms. The summed E-state index contributed by atoms with van der Waals surface area (Å²) in [6, 6.07) is 1.63. The van der Waals surface area contributed by atoms with Crippen molar-refractivity contribution in [1.82, 2.24) is 9.80 Å². The Labute approximate surface area is 101 Å². The van der Waals surface area contributed by atoms with Gasteiger partial charge in [-0.3, -0.25) is 0 Å². The number of piperidine rings is 2. The van der Waals surface area contributed by atoms with Crippen molar-refractivity contribution in [2.24, 2.45) is 5.92 Å². The molecule has 0 aromatic heterocycles. The Bertz CT molecular complexity index is 199. The molecule has 2 aliphatic heterocycles. The van der Waals surface area contributed by atoms with E-state index in [2.05, 4.69) is 30.6 Å². The predicted octanol–water partition coefficient (Wildman–Crippen LogP) is 2.59. The minimum Gasteiger partial charge on any atom is -0.301 e. The fraction of sp³-hybridized carbons (Fsp3) is 1.00. The van der Waals surface area contributed by atoms with E-state index in [0.29, 0.717) is 0 Å². The van der Waals surface area contributed by atoms with Crippen molar-refractivity contribution in [1.29, 1.82) is 0 Å². The number of hydrogen-bond donors (Lipinski definition) is 0. The second-order valence-electron chi connectivity index (χ2n) is 6.08. The fourth-order valence-electron chi connectivity index (χ4n) is 3.16. The van der Waals surface area contributed by atoms with Gasteiger partial charge in [0.2, 0.25) is 0 Å². The Morgan fingerprint density at radius 3 is 1.94 bits per heavy atom. The van der Waals surface area contributed by atoms with Gasteiger partial charge in [0.05, 0.1) is 0 Å². The highest BCUT2D eigenvalue weighted by molar-refractivity contribution is 4.83. The molecule has 94 valence electrons. The van der Waals surface area contributed by atoms with Crippen LogP contribution in [0.15, 0.2) is 0 Å². The van der Waals surface area contributed by atoms with Crippen LogP contribution in [0.25, 0.3) is 0 Å². The van der Waals surface area contributed by atoms with Gasteiger partial charge in [-0.2, -0.15) is 0 Å². The van der Waals surface area contributed by atoms with Crippen molar-refractivity contribution >= 4 is 0 Å².